The average molecular weight is 380 g/mol. The Balaban J connectivity index is 1.17. The SMILES string of the molecule is O=C(CCCCN1CCN(c2ccccc2)CC1)c1ccc2c(c1)OCCO2. The van der Waals surface area contributed by atoms with Gasteiger partial charge >= 0.3 is 0 Å². The third kappa shape index (κ3) is 4.65. The average Bonchev–Trinajstić information content (AvgIpc) is 2.77. The summed E-state index contributed by atoms with van der Waals surface area (Å²) < 4.78 is 11.1. The van der Waals surface area contributed by atoms with Crippen LogP contribution in [-0.4, -0.2) is 56.6 Å². The van der Waals surface area contributed by atoms with Gasteiger partial charge in [0.05, 0.1) is 0 Å². The maximum atomic E-state index is 12.5. The van der Waals surface area contributed by atoms with Gasteiger partial charge in [0.2, 0.25) is 0 Å². The highest BCUT2D eigenvalue weighted by Gasteiger charge is 2.17. The van der Waals surface area contributed by atoms with Crippen LogP contribution < -0.4 is 14.4 Å². The zero-order valence-corrected chi connectivity index (χ0v) is 16.3. The van der Waals surface area contributed by atoms with E-state index in [1.165, 1.54) is 5.69 Å². The van der Waals surface area contributed by atoms with Gasteiger partial charge in [-0.3, -0.25) is 9.69 Å². The second kappa shape index (κ2) is 9.11. The molecule has 0 spiro atoms. The number of anilines is 1. The van der Waals surface area contributed by atoms with Gasteiger partial charge < -0.3 is 14.4 Å². The van der Waals surface area contributed by atoms with Crippen molar-refractivity contribution >= 4 is 11.5 Å². The van der Waals surface area contributed by atoms with E-state index >= 15 is 0 Å². The lowest BCUT2D eigenvalue weighted by Gasteiger charge is -2.36. The number of Topliss-reactive ketones (excluding diaryl/α,β-unsaturated/α-hetero) is 1. The molecule has 5 heteroatoms. The number of hydrogen-bond acceptors (Lipinski definition) is 5. The van der Waals surface area contributed by atoms with Gasteiger partial charge in [-0.15, -0.1) is 0 Å². The molecule has 1 fully saturated rings. The number of benzene rings is 2. The van der Waals surface area contributed by atoms with Crippen LogP contribution in [-0.2, 0) is 0 Å². The Bertz CT molecular complexity index is 786. The van der Waals surface area contributed by atoms with Crippen molar-refractivity contribution in [2.24, 2.45) is 0 Å². The van der Waals surface area contributed by atoms with Crippen molar-refractivity contribution in [1.82, 2.24) is 4.90 Å². The van der Waals surface area contributed by atoms with Gasteiger partial charge in [-0.25, -0.2) is 0 Å². The van der Waals surface area contributed by atoms with Gasteiger partial charge in [-0.2, -0.15) is 0 Å². The van der Waals surface area contributed by atoms with Crippen LogP contribution in [0, 0.1) is 0 Å². The minimum atomic E-state index is 0.186. The molecule has 0 radical (unpaired) electrons. The Morgan fingerprint density at radius 3 is 2.39 bits per heavy atom. The van der Waals surface area contributed by atoms with Crippen molar-refractivity contribution in [1.29, 1.82) is 0 Å². The summed E-state index contributed by atoms with van der Waals surface area (Å²) in [5, 5.41) is 0. The van der Waals surface area contributed by atoms with Crippen molar-refractivity contribution in [2.45, 2.75) is 19.3 Å². The molecule has 2 aliphatic rings. The number of carbonyl (C=O) groups excluding carboxylic acids is 1. The molecular weight excluding hydrogens is 352 g/mol. The standard InChI is InChI=1S/C23H28N2O3/c26-21(19-9-10-22-23(18-19)28-17-16-27-22)8-4-5-11-24-12-14-25(15-13-24)20-6-2-1-3-7-20/h1-3,6-7,9-10,18H,4-5,8,11-17H2. The van der Waals surface area contributed by atoms with Crippen LogP contribution >= 0.6 is 0 Å². The molecule has 0 aromatic heterocycles. The molecule has 0 saturated carbocycles. The maximum Gasteiger partial charge on any atom is 0.163 e. The molecule has 0 atom stereocenters. The number of ether oxygens (including phenoxy) is 2. The molecule has 1 saturated heterocycles. The van der Waals surface area contributed by atoms with Crippen LogP contribution in [0.25, 0.3) is 0 Å². The number of para-hydroxylation sites is 1. The van der Waals surface area contributed by atoms with E-state index in [0.717, 1.165) is 56.9 Å². The number of nitrogens with zero attached hydrogens (tertiary/aromatic N) is 2. The lowest BCUT2D eigenvalue weighted by molar-refractivity contribution is 0.0976. The van der Waals surface area contributed by atoms with Crippen LogP contribution in [0.1, 0.15) is 29.6 Å². The number of ketones is 1. The fourth-order valence-electron chi connectivity index (χ4n) is 3.85. The first-order valence-electron chi connectivity index (χ1n) is 10.2. The smallest absolute Gasteiger partial charge is 0.163 e. The normalized spacial score (nSPS) is 16.8. The molecule has 0 amide bonds. The largest absolute Gasteiger partial charge is 0.486 e. The summed E-state index contributed by atoms with van der Waals surface area (Å²) in [6.07, 6.45) is 2.57. The van der Waals surface area contributed by atoms with Gasteiger partial charge in [-0.05, 0) is 49.7 Å². The minimum absolute atomic E-state index is 0.186. The second-order valence-electron chi connectivity index (χ2n) is 7.40. The van der Waals surface area contributed by atoms with Crippen LogP contribution in [0.5, 0.6) is 11.5 Å². The first kappa shape index (κ1) is 18.8. The molecule has 148 valence electrons. The topological polar surface area (TPSA) is 42.0 Å². The predicted octanol–water partition coefficient (Wildman–Crippen LogP) is 3.63. The first-order valence-corrected chi connectivity index (χ1v) is 10.2. The zero-order chi connectivity index (χ0) is 19.2. The van der Waals surface area contributed by atoms with Crippen molar-refractivity contribution in [2.75, 3.05) is 50.8 Å². The zero-order valence-electron chi connectivity index (χ0n) is 16.3. The molecular formula is C23H28N2O3. The van der Waals surface area contributed by atoms with Crippen molar-refractivity contribution in [3.63, 3.8) is 0 Å². The number of piperazine rings is 1. The van der Waals surface area contributed by atoms with Crippen LogP contribution in [0.4, 0.5) is 5.69 Å². The fourth-order valence-corrected chi connectivity index (χ4v) is 3.85. The van der Waals surface area contributed by atoms with Gasteiger partial charge in [-0.1, -0.05) is 18.2 Å². The highest BCUT2D eigenvalue weighted by molar-refractivity contribution is 5.96. The monoisotopic (exact) mass is 380 g/mol. The van der Waals surface area contributed by atoms with E-state index in [2.05, 4.69) is 40.1 Å². The first-order chi connectivity index (χ1) is 13.8. The van der Waals surface area contributed by atoms with E-state index in [-0.39, 0.29) is 5.78 Å². The van der Waals surface area contributed by atoms with Gasteiger partial charge in [0.1, 0.15) is 13.2 Å². The summed E-state index contributed by atoms with van der Waals surface area (Å²) in [6, 6.07) is 16.1. The third-order valence-electron chi connectivity index (χ3n) is 5.49. The van der Waals surface area contributed by atoms with Crippen molar-refractivity contribution < 1.29 is 14.3 Å². The Morgan fingerprint density at radius 1 is 0.857 bits per heavy atom. The van der Waals surface area contributed by atoms with Crippen molar-refractivity contribution in [3.05, 3.63) is 54.1 Å². The summed E-state index contributed by atoms with van der Waals surface area (Å²) >= 11 is 0. The quantitative estimate of drug-likeness (QED) is 0.542. The van der Waals surface area contributed by atoms with E-state index < -0.39 is 0 Å². The Hall–Kier alpha value is -2.53. The Kier molecular flexibility index (Phi) is 6.12. The maximum absolute atomic E-state index is 12.5. The van der Waals surface area contributed by atoms with E-state index in [9.17, 15) is 4.79 Å². The highest BCUT2D eigenvalue weighted by Crippen LogP contribution is 2.31. The molecule has 4 rings (SSSR count). The lowest BCUT2D eigenvalue weighted by Crippen LogP contribution is -2.46. The van der Waals surface area contributed by atoms with Crippen LogP contribution in [0.15, 0.2) is 48.5 Å². The van der Waals surface area contributed by atoms with Gasteiger partial charge in [0, 0.05) is 43.9 Å². The van der Waals surface area contributed by atoms with E-state index in [1.54, 1.807) is 0 Å². The molecule has 2 aromatic rings. The molecule has 0 N–H and O–H groups in total. The summed E-state index contributed by atoms with van der Waals surface area (Å²) in [5.41, 5.74) is 2.04. The van der Waals surface area contributed by atoms with Gasteiger partial charge in [0.15, 0.2) is 17.3 Å². The molecule has 0 unspecified atom stereocenters. The molecule has 0 aliphatic carbocycles. The van der Waals surface area contributed by atoms with E-state index in [4.69, 9.17) is 9.47 Å². The number of unbranched alkanes of at least 4 members (excludes halogenated alkanes) is 1. The summed E-state index contributed by atoms with van der Waals surface area (Å²) in [7, 11) is 0. The summed E-state index contributed by atoms with van der Waals surface area (Å²) in [5.74, 6) is 1.61. The highest BCUT2D eigenvalue weighted by atomic mass is 16.6. The van der Waals surface area contributed by atoms with E-state index in [0.29, 0.717) is 25.4 Å². The molecule has 2 aromatic carbocycles. The Morgan fingerprint density at radius 2 is 1.61 bits per heavy atom. The molecule has 2 aliphatic heterocycles. The molecule has 28 heavy (non-hydrogen) atoms. The Labute approximate surface area is 166 Å². The molecule has 5 nitrogen and oxygen atoms in total. The molecule has 2 heterocycles. The van der Waals surface area contributed by atoms with Crippen LogP contribution in [0.3, 0.4) is 0 Å². The van der Waals surface area contributed by atoms with Gasteiger partial charge in [0.25, 0.3) is 0 Å². The molecule has 0 bridgehead atoms. The van der Waals surface area contributed by atoms with Crippen LogP contribution in [0.2, 0.25) is 0 Å². The number of rotatable bonds is 7. The predicted molar refractivity (Wildman–Crippen MR) is 111 cm³/mol. The minimum Gasteiger partial charge on any atom is -0.486 e. The van der Waals surface area contributed by atoms with Crippen molar-refractivity contribution in [3.8, 4) is 11.5 Å². The lowest BCUT2D eigenvalue weighted by atomic mass is 10.0. The number of hydrogen-bond donors (Lipinski definition) is 0. The summed E-state index contributed by atoms with van der Waals surface area (Å²) in [6.45, 7) is 6.50. The summed E-state index contributed by atoms with van der Waals surface area (Å²) in [4.78, 5) is 17.4. The third-order valence-corrected chi connectivity index (χ3v) is 5.49. The van der Waals surface area contributed by atoms with E-state index in [1.807, 2.05) is 18.2 Å². The number of fused-ring (bicyclic) bond motifs is 1. The number of carbonyl (C=O) groups is 1. The second-order valence-corrected chi connectivity index (χ2v) is 7.40. The fraction of sp³-hybridized carbons (Fsp3) is 0.435.